The predicted molar refractivity (Wildman–Crippen MR) is 142 cm³/mol. The Bertz CT molecular complexity index is 1670. The number of hydrogen-bond acceptors (Lipinski definition) is 0. The van der Waals surface area contributed by atoms with Crippen molar-refractivity contribution >= 4 is 21.5 Å². The van der Waals surface area contributed by atoms with Crippen LogP contribution in [0.1, 0.15) is 29.5 Å². The molecule has 2 aliphatic carbocycles. The normalized spacial score (nSPS) is 16.1. The monoisotopic (exact) mass is 590 g/mol. The number of fused-ring (bicyclic) bond motifs is 10. The fourth-order valence-corrected chi connectivity index (χ4v) is 11.5. The van der Waals surface area contributed by atoms with Crippen LogP contribution in [0.25, 0.3) is 43.8 Å². The minimum atomic E-state index is -0.982. The van der Waals surface area contributed by atoms with Gasteiger partial charge < -0.3 is 24.8 Å². The molecule has 3 heteroatoms. The zero-order valence-electron chi connectivity index (χ0n) is 20.0. The third kappa shape index (κ3) is 3.59. The quantitative estimate of drug-likeness (QED) is 0.290. The van der Waals surface area contributed by atoms with Gasteiger partial charge in [0, 0.05) is 0 Å². The van der Waals surface area contributed by atoms with E-state index in [1.54, 1.807) is 22.3 Å². The van der Waals surface area contributed by atoms with Crippen LogP contribution in [0.15, 0.2) is 121 Å². The Balaban J connectivity index is 0.00000126. The van der Waals surface area contributed by atoms with Crippen LogP contribution in [0, 0.1) is 0 Å². The van der Waals surface area contributed by atoms with Crippen LogP contribution in [-0.2, 0) is 23.2 Å². The van der Waals surface area contributed by atoms with Gasteiger partial charge in [-0.25, -0.2) is 0 Å². The van der Waals surface area contributed by atoms with Crippen molar-refractivity contribution in [3.05, 3.63) is 144 Å². The summed E-state index contributed by atoms with van der Waals surface area (Å²) in [5.41, 5.74) is 12.1. The SMILES string of the molecule is [Cl-].[Cl-].c1ccc2c(c1)-c1c(ccc3ccccc13)[CH]2[Zr+2][CH]1c2ccccc2-c2c1ccc1ccccc21. The number of rotatable bonds is 2. The Hall–Kier alpha value is -2.70. The van der Waals surface area contributed by atoms with Crippen LogP contribution in [0.3, 0.4) is 0 Å². The fourth-order valence-electron chi connectivity index (χ4n) is 6.47. The zero-order valence-corrected chi connectivity index (χ0v) is 23.9. The van der Waals surface area contributed by atoms with E-state index >= 15 is 0 Å². The third-order valence-electron chi connectivity index (χ3n) is 7.96. The molecule has 2 atom stereocenters. The fraction of sp³-hybridized carbons (Fsp3) is 0.0588. The van der Waals surface area contributed by atoms with Crippen LogP contribution >= 0.6 is 0 Å². The van der Waals surface area contributed by atoms with Crippen molar-refractivity contribution in [3.8, 4) is 22.3 Å². The molecule has 176 valence electrons. The topological polar surface area (TPSA) is 0 Å². The molecule has 6 aromatic rings. The number of benzene rings is 6. The van der Waals surface area contributed by atoms with E-state index in [4.69, 9.17) is 0 Å². The van der Waals surface area contributed by atoms with Crippen LogP contribution in [-0.4, -0.2) is 0 Å². The Morgan fingerprint density at radius 1 is 0.378 bits per heavy atom. The van der Waals surface area contributed by atoms with Gasteiger partial charge in [-0.15, -0.1) is 0 Å². The summed E-state index contributed by atoms with van der Waals surface area (Å²) >= 11 is -0.982. The molecular formula is C34H22Cl2Zr. The van der Waals surface area contributed by atoms with Gasteiger partial charge in [0.2, 0.25) is 0 Å². The summed E-state index contributed by atoms with van der Waals surface area (Å²) in [5.74, 6) is 0. The molecule has 37 heavy (non-hydrogen) atoms. The Morgan fingerprint density at radius 3 is 1.27 bits per heavy atom. The van der Waals surface area contributed by atoms with Gasteiger partial charge in [-0.05, 0) is 0 Å². The molecule has 0 spiro atoms. The molecule has 0 radical (unpaired) electrons. The molecule has 0 saturated carbocycles. The van der Waals surface area contributed by atoms with Gasteiger partial charge >= 0.3 is 218 Å². The first kappa shape index (κ1) is 24.6. The predicted octanol–water partition coefficient (Wildman–Crippen LogP) is 2.92. The van der Waals surface area contributed by atoms with Gasteiger partial charge in [-0.1, -0.05) is 0 Å². The summed E-state index contributed by atoms with van der Waals surface area (Å²) in [5, 5.41) is 5.49. The summed E-state index contributed by atoms with van der Waals surface area (Å²) < 4.78 is 1.12. The Kier molecular flexibility index (Phi) is 6.36. The second kappa shape index (κ2) is 9.56. The molecule has 0 aromatic heterocycles. The van der Waals surface area contributed by atoms with E-state index < -0.39 is 23.2 Å². The van der Waals surface area contributed by atoms with Gasteiger partial charge in [0.15, 0.2) is 0 Å². The Morgan fingerprint density at radius 2 is 0.784 bits per heavy atom. The van der Waals surface area contributed by atoms with Crippen molar-refractivity contribution in [1.82, 2.24) is 0 Å². The van der Waals surface area contributed by atoms with E-state index in [1.165, 1.54) is 43.8 Å². The summed E-state index contributed by atoms with van der Waals surface area (Å²) in [6.07, 6.45) is 0. The second-order valence-electron chi connectivity index (χ2n) is 9.71. The van der Waals surface area contributed by atoms with E-state index in [0.29, 0.717) is 7.25 Å². The van der Waals surface area contributed by atoms with E-state index in [2.05, 4.69) is 121 Å². The summed E-state index contributed by atoms with van der Waals surface area (Å²) in [7, 11) is 0. The average Bonchev–Trinajstić information content (AvgIpc) is 3.42. The van der Waals surface area contributed by atoms with Gasteiger partial charge in [-0.2, -0.15) is 0 Å². The van der Waals surface area contributed by atoms with Crippen LogP contribution in [0.5, 0.6) is 0 Å². The molecule has 0 fully saturated rings. The maximum absolute atomic E-state index is 2.44. The zero-order chi connectivity index (χ0) is 22.9. The summed E-state index contributed by atoms with van der Waals surface area (Å²) in [6.45, 7) is 0. The van der Waals surface area contributed by atoms with Gasteiger partial charge in [0.05, 0.1) is 0 Å². The van der Waals surface area contributed by atoms with E-state index in [-0.39, 0.29) is 24.8 Å². The molecule has 2 aliphatic rings. The molecule has 8 rings (SSSR count). The minimum absolute atomic E-state index is 0. The van der Waals surface area contributed by atoms with Crippen LogP contribution in [0.4, 0.5) is 0 Å². The van der Waals surface area contributed by atoms with E-state index in [9.17, 15) is 0 Å². The molecule has 2 unspecified atom stereocenters. The first-order valence-electron chi connectivity index (χ1n) is 12.4. The van der Waals surface area contributed by atoms with Gasteiger partial charge in [0.1, 0.15) is 0 Å². The van der Waals surface area contributed by atoms with Gasteiger partial charge in [0.25, 0.3) is 0 Å². The molecular weight excluding hydrogens is 571 g/mol. The van der Waals surface area contributed by atoms with Crippen molar-refractivity contribution in [3.63, 3.8) is 0 Å². The molecule has 6 aromatic carbocycles. The molecule has 0 saturated heterocycles. The van der Waals surface area contributed by atoms with Crippen molar-refractivity contribution < 1.29 is 48.0 Å². The van der Waals surface area contributed by atoms with Crippen molar-refractivity contribution in [2.24, 2.45) is 0 Å². The molecule has 0 aliphatic heterocycles. The van der Waals surface area contributed by atoms with Crippen LogP contribution < -0.4 is 24.8 Å². The number of hydrogen-bond donors (Lipinski definition) is 0. The molecule has 0 heterocycles. The third-order valence-corrected chi connectivity index (χ3v) is 12.7. The molecule has 0 nitrogen and oxygen atoms in total. The van der Waals surface area contributed by atoms with Crippen molar-refractivity contribution in [1.29, 1.82) is 0 Å². The first-order chi connectivity index (χ1) is 17.4. The number of halogens is 2. The standard InChI is InChI=1S/2C17H11.2ClH.Zr/c2*1-3-7-15-12(5-1)9-10-14-11-13-6-2-4-8-16(13)17(14)15;;;/h2*1-11H;2*1H;/q;;;;+2/p-2. The molecule has 0 amide bonds. The maximum atomic E-state index is 2.44. The van der Waals surface area contributed by atoms with Crippen molar-refractivity contribution in [2.75, 3.05) is 0 Å². The second-order valence-corrected chi connectivity index (χ2v) is 13.4. The molecule has 0 N–H and O–H groups in total. The summed E-state index contributed by atoms with van der Waals surface area (Å²) in [6, 6.07) is 45.8. The average molecular weight is 593 g/mol. The Labute approximate surface area is 241 Å². The molecule has 0 bridgehead atoms. The summed E-state index contributed by atoms with van der Waals surface area (Å²) in [4.78, 5) is 0. The van der Waals surface area contributed by atoms with Crippen LogP contribution in [0.2, 0.25) is 0 Å². The van der Waals surface area contributed by atoms with Gasteiger partial charge in [-0.3, -0.25) is 0 Å². The van der Waals surface area contributed by atoms with Crippen molar-refractivity contribution in [2.45, 2.75) is 7.25 Å². The first-order valence-corrected chi connectivity index (χ1v) is 15.2. The van der Waals surface area contributed by atoms with E-state index in [1.807, 2.05) is 0 Å². The van der Waals surface area contributed by atoms with E-state index in [0.717, 1.165) is 0 Å².